The lowest BCUT2D eigenvalue weighted by molar-refractivity contribution is -0.120. The second-order valence-corrected chi connectivity index (χ2v) is 11.7. The van der Waals surface area contributed by atoms with E-state index in [9.17, 15) is 13.2 Å². The van der Waals surface area contributed by atoms with Crippen LogP contribution in [0.3, 0.4) is 0 Å². The Labute approximate surface area is 193 Å². The topological polar surface area (TPSA) is 103 Å². The summed E-state index contributed by atoms with van der Waals surface area (Å²) in [4.78, 5) is 17.2. The fourth-order valence-corrected chi connectivity index (χ4v) is 7.21. The summed E-state index contributed by atoms with van der Waals surface area (Å²) in [5.74, 6) is -0.703. The van der Waals surface area contributed by atoms with Crippen LogP contribution >= 0.6 is 34.3 Å². The van der Waals surface area contributed by atoms with Crippen molar-refractivity contribution in [2.45, 2.75) is 17.1 Å². The number of benzene rings is 1. The Hall–Kier alpha value is -2.29. The lowest BCUT2D eigenvalue weighted by Crippen LogP contribution is -2.43. The number of thiazole rings is 1. The van der Waals surface area contributed by atoms with Gasteiger partial charge in [0.1, 0.15) is 4.21 Å². The Morgan fingerprint density at radius 2 is 2.03 bits per heavy atom. The van der Waals surface area contributed by atoms with Crippen molar-refractivity contribution in [3.05, 3.63) is 51.7 Å². The number of anilines is 1. The fourth-order valence-electron chi connectivity index (χ4n) is 3.33. The number of hydrogen-bond donors (Lipinski definition) is 1. The van der Waals surface area contributed by atoms with E-state index in [2.05, 4.69) is 16.4 Å². The molecule has 1 aromatic carbocycles. The van der Waals surface area contributed by atoms with E-state index in [0.717, 1.165) is 16.9 Å². The second kappa shape index (κ2) is 9.06. The van der Waals surface area contributed by atoms with Crippen LogP contribution in [0, 0.1) is 17.2 Å². The molecule has 1 aliphatic heterocycles. The number of thiophene rings is 1. The van der Waals surface area contributed by atoms with Gasteiger partial charge in [-0.05, 0) is 37.1 Å². The van der Waals surface area contributed by atoms with E-state index in [-0.39, 0.29) is 16.7 Å². The van der Waals surface area contributed by atoms with Gasteiger partial charge >= 0.3 is 0 Å². The van der Waals surface area contributed by atoms with Gasteiger partial charge < -0.3 is 5.32 Å². The highest BCUT2D eigenvalue weighted by Gasteiger charge is 2.34. The first-order valence-corrected chi connectivity index (χ1v) is 12.9. The van der Waals surface area contributed by atoms with E-state index in [0.29, 0.717) is 40.1 Å². The zero-order valence-electron chi connectivity index (χ0n) is 16.1. The van der Waals surface area contributed by atoms with Crippen LogP contribution in [0.25, 0.3) is 11.3 Å². The van der Waals surface area contributed by atoms with Crippen molar-refractivity contribution in [1.29, 1.82) is 5.26 Å². The third-order valence-electron chi connectivity index (χ3n) is 4.94. The molecule has 1 aliphatic rings. The first-order valence-electron chi connectivity index (χ1n) is 9.39. The van der Waals surface area contributed by atoms with E-state index in [1.165, 1.54) is 21.7 Å². The molecule has 3 heterocycles. The Morgan fingerprint density at radius 3 is 2.71 bits per heavy atom. The van der Waals surface area contributed by atoms with Crippen molar-refractivity contribution in [3.63, 3.8) is 0 Å². The lowest BCUT2D eigenvalue weighted by atomic mass is 9.99. The van der Waals surface area contributed by atoms with Crippen LogP contribution in [0.15, 0.2) is 46.0 Å². The number of hydrogen-bond acceptors (Lipinski definition) is 7. The summed E-state index contributed by atoms with van der Waals surface area (Å²) in [7, 11) is -3.67. The molecule has 1 amide bonds. The quantitative estimate of drug-likeness (QED) is 0.567. The summed E-state index contributed by atoms with van der Waals surface area (Å²) < 4.78 is 27.6. The third-order valence-corrected chi connectivity index (χ3v) is 9.26. The zero-order chi connectivity index (χ0) is 22.0. The first-order chi connectivity index (χ1) is 14.9. The molecule has 0 bridgehead atoms. The summed E-state index contributed by atoms with van der Waals surface area (Å²) in [6, 6.07) is 12.2. The Morgan fingerprint density at radius 1 is 1.26 bits per heavy atom. The molecule has 0 radical (unpaired) electrons. The van der Waals surface area contributed by atoms with Gasteiger partial charge in [-0.15, -0.1) is 22.7 Å². The summed E-state index contributed by atoms with van der Waals surface area (Å²) in [6.45, 7) is 0.499. The molecule has 11 heteroatoms. The average molecular weight is 493 g/mol. The van der Waals surface area contributed by atoms with Gasteiger partial charge in [-0.25, -0.2) is 13.4 Å². The molecule has 0 saturated carbocycles. The molecule has 3 aromatic rings. The molecule has 1 fully saturated rings. The number of carbonyl (C=O) groups excluding carboxylic acids is 1. The Balaban J connectivity index is 1.43. The molecule has 0 spiro atoms. The van der Waals surface area contributed by atoms with E-state index >= 15 is 0 Å². The SMILES string of the molecule is N#Cc1ccc(-c2csc(NC(=O)C3CCCN(S(=O)(=O)c4ccc(Cl)s4)C3)n2)cc1. The molecule has 2 aromatic heterocycles. The number of amides is 1. The maximum Gasteiger partial charge on any atom is 0.252 e. The minimum Gasteiger partial charge on any atom is -0.302 e. The fraction of sp³-hybridized carbons (Fsp3) is 0.250. The highest BCUT2D eigenvalue weighted by molar-refractivity contribution is 7.91. The summed E-state index contributed by atoms with van der Waals surface area (Å²) in [6.07, 6.45) is 1.21. The number of nitriles is 1. The van der Waals surface area contributed by atoms with Gasteiger partial charge in [-0.2, -0.15) is 9.57 Å². The molecule has 1 saturated heterocycles. The largest absolute Gasteiger partial charge is 0.302 e. The summed E-state index contributed by atoms with van der Waals surface area (Å²) in [5.41, 5.74) is 2.11. The zero-order valence-corrected chi connectivity index (χ0v) is 19.3. The predicted molar refractivity (Wildman–Crippen MR) is 122 cm³/mol. The molecular formula is C20H17ClN4O3S3. The van der Waals surface area contributed by atoms with Crippen molar-refractivity contribution < 1.29 is 13.2 Å². The molecule has 1 atom stereocenters. The maximum absolute atomic E-state index is 12.8. The number of nitrogens with zero attached hydrogens (tertiary/aromatic N) is 3. The average Bonchev–Trinajstić information content (AvgIpc) is 3.43. The molecule has 4 rings (SSSR count). The number of piperidine rings is 1. The first kappa shape index (κ1) is 21.9. The van der Waals surface area contributed by atoms with Crippen LogP contribution in [0.2, 0.25) is 4.34 Å². The second-order valence-electron chi connectivity index (χ2n) is 6.98. The third kappa shape index (κ3) is 4.81. The van der Waals surface area contributed by atoms with E-state index in [1.54, 1.807) is 30.3 Å². The molecule has 7 nitrogen and oxygen atoms in total. The molecule has 1 unspecified atom stereocenters. The van der Waals surface area contributed by atoms with Crippen LogP contribution in [-0.2, 0) is 14.8 Å². The van der Waals surface area contributed by atoms with Crippen molar-refractivity contribution in [2.75, 3.05) is 18.4 Å². The van der Waals surface area contributed by atoms with Gasteiger partial charge in [-0.3, -0.25) is 4.79 Å². The van der Waals surface area contributed by atoms with Gasteiger partial charge in [0.05, 0.1) is 27.6 Å². The predicted octanol–water partition coefficient (Wildman–Crippen LogP) is 4.44. The van der Waals surface area contributed by atoms with E-state index < -0.39 is 15.9 Å². The van der Waals surface area contributed by atoms with Crippen molar-refractivity contribution in [2.24, 2.45) is 5.92 Å². The van der Waals surface area contributed by atoms with Gasteiger partial charge in [0, 0.05) is 24.0 Å². The highest BCUT2D eigenvalue weighted by atomic mass is 35.5. The van der Waals surface area contributed by atoms with Crippen molar-refractivity contribution in [1.82, 2.24) is 9.29 Å². The number of sulfonamides is 1. The lowest BCUT2D eigenvalue weighted by Gasteiger charge is -2.30. The van der Waals surface area contributed by atoms with Gasteiger partial charge in [0.15, 0.2) is 5.13 Å². The van der Waals surface area contributed by atoms with Crippen LogP contribution in [-0.4, -0.2) is 36.7 Å². The van der Waals surface area contributed by atoms with Crippen LogP contribution in [0.1, 0.15) is 18.4 Å². The van der Waals surface area contributed by atoms with Crippen molar-refractivity contribution >= 4 is 55.3 Å². The Kier molecular flexibility index (Phi) is 6.41. The number of halogens is 1. The van der Waals surface area contributed by atoms with Crippen LogP contribution in [0.5, 0.6) is 0 Å². The molecular weight excluding hydrogens is 476 g/mol. The minimum atomic E-state index is -3.67. The molecule has 1 N–H and O–H groups in total. The van der Waals surface area contributed by atoms with E-state index in [4.69, 9.17) is 16.9 Å². The number of nitrogens with one attached hydrogen (secondary N) is 1. The normalized spacial score (nSPS) is 17.2. The maximum atomic E-state index is 12.8. The van der Waals surface area contributed by atoms with Crippen LogP contribution < -0.4 is 5.32 Å². The molecule has 31 heavy (non-hydrogen) atoms. The van der Waals surface area contributed by atoms with Gasteiger partial charge in [0.25, 0.3) is 10.0 Å². The van der Waals surface area contributed by atoms with Gasteiger partial charge in [0.2, 0.25) is 5.91 Å². The Bertz CT molecular complexity index is 1250. The number of aromatic nitrogens is 1. The van der Waals surface area contributed by atoms with E-state index in [1.807, 2.05) is 5.38 Å². The number of carbonyl (C=O) groups is 1. The molecule has 0 aliphatic carbocycles. The minimum absolute atomic E-state index is 0.123. The summed E-state index contributed by atoms with van der Waals surface area (Å²) in [5, 5.41) is 14.0. The smallest absolute Gasteiger partial charge is 0.252 e. The standard InChI is InChI=1S/C20H17ClN4O3S3/c21-17-7-8-18(30-17)31(27,28)25-9-1-2-15(11-25)19(26)24-20-23-16(12-29-20)14-5-3-13(10-22)4-6-14/h3-8,12,15H,1-2,9,11H2,(H,23,24,26). The summed E-state index contributed by atoms with van der Waals surface area (Å²) >= 11 is 8.20. The molecule has 160 valence electrons. The highest BCUT2D eigenvalue weighted by Crippen LogP contribution is 2.31. The van der Waals surface area contributed by atoms with Gasteiger partial charge in [-0.1, -0.05) is 23.7 Å². The number of rotatable bonds is 5. The monoisotopic (exact) mass is 492 g/mol. The van der Waals surface area contributed by atoms with Crippen molar-refractivity contribution in [3.8, 4) is 17.3 Å². The van der Waals surface area contributed by atoms with Crippen LogP contribution in [0.4, 0.5) is 5.13 Å².